The fourth-order valence-corrected chi connectivity index (χ4v) is 1.25. The van der Waals surface area contributed by atoms with Crippen LogP contribution < -0.4 is 0 Å². The maximum absolute atomic E-state index is 11.0. The zero-order chi connectivity index (χ0) is 8.97. The number of hydrogen-bond acceptors (Lipinski definition) is 2. The topological polar surface area (TPSA) is 26.3 Å². The van der Waals surface area contributed by atoms with Gasteiger partial charge in [0.1, 0.15) is 0 Å². The van der Waals surface area contributed by atoms with Crippen LogP contribution in [0.15, 0.2) is 11.6 Å². The molecule has 0 N–H and O–H groups in total. The first-order valence-corrected chi connectivity index (χ1v) is 4.52. The Bertz CT molecular complexity index is 192. The summed E-state index contributed by atoms with van der Waals surface area (Å²) in [6.45, 7) is 4.64. The minimum Gasteiger partial charge on any atom is -0.374 e. The second-order valence-corrected chi connectivity index (χ2v) is 3.48. The standard InChI is InChI=1S/C10H16O2/c1-8(2)12-7-9-4-3-5-10(11)6-9/h6,8H,3-5,7H2,1-2H3. The molecule has 0 atom stereocenters. The number of hydrogen-bond donors (Lipinski definition) is 0. The maximum atomic E-state index is 11.0. The lowest BCUT2D eigenvalue weighted by atomic mass is 9.99. The summed E-state index contributed by atoms with van der Waals surface area (Å²) in [5.41, 5.74) is 1.15. The van der Waals surface area contributed by atoms with Gasteiger partial charge in [-0.15, -0.1) is 0 Å². The van der Waals surface area contributed by atoms with Gasteiger partial charge >= 0.3 is 0 Å². The van der Waals surface area contributed by atoms with Crippen molar-refractivity contribution in [1.82, 2.24) is 0 Å². The Morgan fingerprint density at radius 2 is 2.25 bits per heavy atom. The Morgan fingerprint density at radius 1 is 1.50 bits per heavy atom. The minimum absolute atomic E-state index is 0.253. The third-order valence-corrected chi connectivity index (χ3v) is 1.89. The fraction of sp³-hybridized carbons (Fsp3) is 0.700. The molecule has 0 spiro atoms. The van der Waals surface area contributed by atoms with E-state index < -0.39 is 0 Å². The van der Waals surface area contributed by atoms with Gasteiger partial charge < -0.3 is 4.74 Å². The number of carbonyl (C=O) groups is 1. The van der Waals surface area contributed by atoms with Gasteiger partial charge in [-0.25, -0.2) is 0 Å². The summed E-state index contributed by atoms with van der Waals surface area (Å²) in [4.78, 5) is 11.0. The highest BCUT2D eigenvalue weighted by Gasteiger charge is 2.09. The van der Waals surface area contributed by atoms with Crippen molar-refractivity contribution in [2.45, 2.75) is 39.2 Å². The molecule has 1 aliphatic rings. The van der Waals surface area contributed by atoms with Gasteiger partial charge in [-0.05, 0) is 38.3 Å². The molecular weight excluding hydrogens is 152 g/mol. The lowest BCUT2D eigenvalue weighted by molar-refractivity contribution is -0.115. The van der Waals surface area contributed by atoms with E-state index in [1.54, 1.807) is 6.08 Å². The molecule has 0 amide bonds. The molecule has 2 heteroatoms. The minimum atomic E-state index is 0.253. The third kappa shape index (κ3) is 3.18. The van der Waals surface area contributed by atoms with Crippen LogP contribution >= 0.6 is 0 Å². The Kier molecular flexibility index (Phi) is 3.48. The predicted molar refractivity (Wildman–Crippen MR) is 48.0 cm³/mol. The summed E-state index contributed by atoms with van der Waals surface area (Å²) in [5, 5.41) is 0. The van der Waals surface area contributed by atoms with E-state index in [0.717, 1.165) is 18.4 Å². The first-order valence-electron chi connectivity index (χ1n) is 4.52. The molecule has 12 heavy (non-hydrogen) atoms. The van der Waals surface area contributed by atoms with E-state index in [-0.39, 0.29) is 11.9 Å². The SMILES string of the molecule is CC(C)OCC1=CC(=O)CCC1. The van der Waals surface area contributed by atoms with Crippen molar-refractivity contribution in [2.24, 2.45) is 0 Å². The molecule has 1 aliphatic carbocycles. The molecule has 2 nitrogen and oxygen atoms in total. The molecule has 0 unspecified atom stereocenters. The van der Waals surface area contributed by atoms with Gasteiger partial charge in [-0.2, -0.15) is 0 Å². The van der Waals surface area contributed by atoms with E-state index >= 15 is 0 Å². The van der Waals surface area contributed by atoms with Crippen LogP contribution in [0.5, 0.6) is 0 Å². The summed E-state index contributed by atoms with van der Waals surface area (Å²) in [5.74, 6) is 0.253. The van der Waals surface area contributed by atoms with Gasteiger partial charge in [0.2, 0.25) is 0 Å². The van der Waals surface area contributed by atoms with Crippen molar-refractivity contribution in [3.8, 4) is 0 Å². The fourth-order valence-electron chi connectivity index (χ4n) is 1.25. The summed E-state index contributed by atoms with van der Waals surface area (Å²) in [7, 11) is 0. The van der Waals surface area contributed by atoms with E-state index in [4.69, 9.17) is 4.74 Å². The average Bonchev–Trinajstić information content (AvgIpc) is 2.01. The molecule has 0 aliphatic heterocycles. The van der Waals surface area contributed by atoms with Crippen LogP contribution in [0, 0.1) is 0 Å². The number of allylic oxidation sites excluding steroid dienone is 1. The normalized spacial score (nSPS) is 18.2. The van der Waals surface area contributed by atoms with Crippen molar-refractivity contribution in [3.63, 3.8) is 0 Å². The predicted octanol–water partition coefficient (Wildman–Crippen LogP) is 2.09. The smallest absolute Gasteiger partial charge is 0.155 e. The van der Waals surface area contributed by atoms with E-state index in [9.17, 15) is 4.79 Å². The second kappa shape index (κ2) is 4.41. The van der Waals surface area contributed by atoms with Gasteiger partial charge in [0.25, 0.3) is 0 Å². The largest absolute Gasteiger partial charge is 0.374 e. The zero-order valence-corrected chi connectivity index (χ0v) is 7.80. The van der Waals surface area contributed by atoms with Gasteiger partial charge in [0.05, 0.1) is 12.7 Å². The molecule has 0 aromatic rings. The first kappa shape index (κ1) is 9.46. The molecule has 0 bridgehead atoms. The molecular formula is C10H16O2. The maximum Gasteiger partial charge on any atom is 0.155 e. The highest BCUT2D eigenvalue weighted by molar-refractivity contribution is 5.91. The van der Waals surface area contributed by atoms with Crippen LogP contribution in [0.25, 0.3) is 0 Å². The number of rotatable bonds is 3. The van der Waals surface area contributed by atoms with E-state index in [1.807, 2.05) is 13.8 Å². The Hall–Kier alpha value is -0.630. The average molecular weight is 168 g/mol. The lowest BCUT2D eigenvalue weighted by Gasteiger charge is -2.13. The zero-order valence-electron chi connectivity index (χ0n) is 7.80. The number of ether oxygens (including phenoxy) is 1. The highest BCUT2D eigenvalue weighted by Crippen LogP contribution is 2.15. The van der Waals surface area contributed by atoms with E-state index in [2.05, 4.69) is 0 Å². The molecule has 0 aromatic heterocycles. The van der Waals surface area contributed by atoms with Crippen molar-refractivity contribution < 1.29 is 9.53 Å². The Balaban J connectivity index is 2.36. The van der Waals surface area contributed by atoms with E-state index in [1.165, 1.54) is 0 Å². The monoisotopic (exact) mass is 168 g/mol. The molecule has 0 saturated carbocycles. The third-order valence-electron chi connectivity index (χ3n) is 1.89. The Morgan fingerprint density at radius 3 is 2.83 bits per heavy atom. The first-order chi connectivity index (χ1) is 5.68. The van der Waals surface area contributed by atoms with E-state index in [0.29, 0.717) is 13.0 Å². The quantitative estimate of drug-likeness (QED) is 0.645. The molecule has 0 fully saturated rings. The van der Waals surface area contributed by atoms with Crippen molar-refractivity contribution in [3.05, 3.63) is 11.6 Å². The van der Waals surface area contributed by atoms with Crippen LogP contribution in [-0.4, -0.2) is 18.5 Å². The lowest BCUT2D eigenvalue weighted by Crippen LogP contribution is -2.10. The summed E-state index contributed by atoms with van der Waals surface area (Å²) < 4.78 is 5.41. The summed E-state index contributed by atoms with van der Waals surface area (Å²) in [6, 6.07) is 0. The van der Waals surface area contributed by atoms with Crippen LogP contribution in [0.4, 0.5) is 0 Å². The van der Waals surface area contributed by atoms with Gasteiger partial charge in [0.15, 0.2) is 5.78 Å². The molecule has 0 aromatic carbocycles. The van der Waals surface area contributed by atoms with Crippen molar-refractivity contribution in [1.29, 1.82) is 0 Å². The van der Waals surface area contributed by atoms with Crippen LogP contribution in [0.3, 0.4) is 0 Å². The van der Waals surface area contributed by atoms with Gasteiger partial charge in [0, 0.05) is 6.42 Å². The molecule has 0 saturated heterocycles. The van der Waals surface area contributed by atoms with Gasteiger partial charge in [-0.1, -0.05) is 0 Å². The molecule has 0 heterocycles. The van der Waals surface area contributed by atoms with Crippen molar-refractivity contribution >= 4 is 5.78 Å². The molecule has 68 valence electrons. The summed E-state index contributed by atoms with van der Waals surface area (Å²) in [6.07, 6.45) is 4.73. The molecule has 1 rings (SSSR count). The Labute approximate surface area is 73.6 Å². The van der Waals surface area contributed by atoms with Crippen molar-refractivity contribution in [2.75, 3.05) is 6.61 Å². The number of ketones is 1. The van der Waals surface area contributed by atoms with Crippen LogP contribution in [-0.2, 0) is 9.53 Å². The number of carbonyl (C=O) groups excluding carboxylic acids is 1. The van der Waals surface area contributed by atoms with Gasteiger partial charge in [-0.3, -0.25) is 4.79 Å². The highest BCUT2D eigenvalue weighted by atomic mass is 16.5. The van der Waals surface area contributed by atoms with Crippen LogP contribution in [0.1, 0.15) is 33.1 Å². The molecule has 0 radical (unpaired) electrons. The summed E-state index contributed by atoms with van der Waals surface area (Å²) >= 11 is 0. The van der Waals surface area contributed by atoms with Crippen LogP contribution in [0.2, 0.25) is 0 Å². The second-order valence-electron chi connectivity index (χ2n) is 3.48.